The molecule has 0 radical (unpaired) electrons. The van der Waals surface area contributed by atoms with E-state index in [0.29, 0.717) is 0 Å². The van der Waals surface area contributed by atoms with Crippen LogP contribution in [-0.4, -0.2) is 0 Å². The van der Waals surface area contributed by atoms with E-state index in [-0.39, 0.29) is 0 Å². The summed E-state index contributed by atoms with van der Waals surface area (Å²) in [5.41, 5.74) is 6.72. The van der Waals surface area contributed by atoms with E-state index in [1.165, 1.54) is 16.7 Å². The summed E-state index contributed by atoms with van der Waals surface area (Å²) in [6, 6.07) is 18.5. The molecular weight excluding hydrogens is 318 g/mol. The van der Waals surface area contributed by atoms with Gasteiger partial charge < -0.3 is 9.73 Å². The van der Waals surface area contributed by atoms with Crippen molar-refractivity contribution in [1.29, 1.82) is 0 Å². The van der Waals surface area contributed by atoms with Gasteiger partial charge in [-0.1, -0.05) is 35.4 Å². The van der Waals surface area contributed by atoms with Gasteiger partial charge in [-0.2, -0.15) is 0 Å². The number of rotatable bonds is 3. The molecule has 0 unspecified atom stereocenters. The van der Waals surface area contributed by atoms with Gasteiger partial charge in [0, 0.05) is 28.0 Å². The van der Waals surface area contributed by atoms with Crippen LogP contribution in [0.4, 0.5) is 5.69 Å². The smallest absolute Gasteiger partial charge is 0.135 e. The molecule has 0 amide bonds. The monoisotopic (exact) mass is 335 g/mol. The molecule has 120 valence electrons. The van der Waals surface area contributed by atoms with Crippen molar-refractivity contribution in [2.24, 2.45) is 0 Å². The quantitative estimate of drug-likeness (QED) is 0.464. The first-order valence-electron chi connectivity index (χ1n) is 8.02. The maximum Gasteiger partial charge on any atom is 0.135 e. The predicted octanol–water partition coefficient (Wildman–Crippen LogP) is 6.47. The minimum Gasteiger partial charge on any atom is -0.456 e. The summed E-state index contributed by atoms with van der Waals surface area (Å²) in [5, 5.41) is 6.36. The first-order chi connectivity index (χ1) is 11.6. The van der Waals surface area contributed by atoms with Gasteiger partial charge in [-0.25, -0.2) is 0 Å². The third kappa shape index (κ3) is 2.74. The van der Waals surface area contributed by atoms with Crippen molar-refractivity contribution in [2.75, 3.05) is 5.32 Å². The molecule has 1 heterocycles. The molecule has 4 aromatic rings. The van der Waals surface area contributed by atoms with E-state index in [9.17, 15) is 0 Å². The van der Waals surface area contributed by atoms with E-state index < -0.39 is 0 Å². The average molecular weight is 336 g/mol. The summed E-state index contributed by atoms with van der Waals surface area (Å²) in [4.78, 5) is 0. The summed E-state index contributed by atoms with van der Waals surface area (Å²) in [7, 11) is 0. The first-order valence-corrected chi connectivity index (χ1v) is 8.40. The van der Waals surface area contributed by atoms with Gasteiger partial charge in [-0.05, 0) is 61.4 Å². The first kappa shape index (κ1) is 15.1. The lowest BCUT2D eigenvalue weighted by Gasteiger charge is -2.10. The number of aryl methyl sites for hydroxylation is 2. The zero-order valence-electron chi connectivity index (χ0n) is 13.7. The van der Waals surface area contributed by atoms with Crippen LogP contribution in [0.15, 0.2) is 59.0 Å². The highest BCUT2D eigenvalue weighted by molar-refractivity contribution is 6.31. The van der Waals surface area contributed by atoms with Crippen LogP contribution in [0.25, 0.3) is 21.9 Å². The second-order valence-corrected chi connectivity index (χ2v) is 6.67. The maximum absolute atomic E-state index is 6.13. The zero-order chi connectivity index (χ0) is 16.7. The predicted molar refractivity (Wildman–Crippen MR) is 102 cm³/mol. The van der Waals surface area contributed by atoms with Crippen molar-refractivity contribution >= 4 is 39.2 Å². The van der Waals surface area contributed by atoms with Crippen LogP contribution in [0.1, 0.15) is 16.7 Å². The van der Waals surface area contributed by atoms with Crippen LogP contribution in [0, 0.1) is 13.8 Å². The number of halogens is 1. The van der Waals surface area contributed by atoms with Crippen LogP contribution in [0.2, 0.25) is 5.02 Å². The van der Waals surface area contributed by atoms with Gasteiger partial charge >= 0.3 is 0 Å². The molecule has 0 spiro atoms. The lowest BCUT2D eigenvalue weighted by Crippen LogP contribution is -2.01. The van der Waals surface area contributed by atoms with Gasteiger partial charge in [0.25, 0.3) is 0 Å². The highest BCUT2D eigenvalue weighted by atomic mass is 35.5. The molecule has 0 fully saturated rings. The molecule has 2 nitrogen and oxygen atoms in total. The lowest BCUT2D eigenvalue weighted by atomic mass is 10.1. The second-order valence-electron chi connectivity index (χ2n) is 6.24. The number of hydrogen-bond donors (Lipinski definition) is 1. The van der Waals surface area contributed by atoms with Crippen LogP contribution in [0.3, 0.4) is 0 Å². The molecule has 0 aliphatic rings. The number of nitrogens with one attached hydrogen (secondary N) is 1. The molecule has 1 aromatic heterocycles. The SMILES string of the molecule is Cc1ccc(CNc2ccc3oc4ccc(Cl)cc4c3c2)c(C)c1. The molecule has 0 bridgehead atoms. The van der Waals surface area contributed by atoms with E-state index in [0.717, 1.165) is 39.2 Å². The Morgan fingerprint density at radius 3 is 2.42 bits per heavy atom. The Bertz CT molecular complexity index is 1050. The Morgan fingerprint density at radius 1 is 0.875 bits per heavy atom. The number of hydrogen-bond acceptors (Lipinski definition) is 2. The van der Waals surface area contributed by atoms with E-state index in [1.807, 2.05) is 24.3 Å². The third-order valence-electron chi connectivity index (χ3n) is 4.41. The highest BCUT2D eigenvalue weighted by Crippen LogP contribution is 2.32. The Kier molecular flexibility index (Phi) is 3.70. The zero-order valence-corrected chi connectivity index (χ0v) is 14.4. The minimum atomic E-state index is 0.721. The van der Waals surface area contributed by atoms with Crippen molar-refractivity contribution in [3.63, 3.8) is 0 Å². The summed E-state index contributed by atoms with van der Waals surface area (Å²) >= 11 is 6.13. The Labute approximate surface area is 146 Å². The van der Waals surface area contributed by atoms with Crippen molar-refractivity contribution < 1.29 is 4.42 Å². The Morgan fingerprint density at radius 2 is 1.62 bits per heavy atom. The largest absolute Gasteiger partial charge is 0.456 e. The molecule has 0 saturated carbocycles. The molecule has 24 heavy (non-hydrogen) atoms. The number of anilines is 1. The van der Waals surface area contributed by atoms with Gasteiger partial charge in [0.05, 0.1) is 0 Å². The molecule has 0 aliphatic carbocycles. The molecular formula is C21H18ClNO. The Balaban J connectivity index is 1.67. The van der Waals surface area contributed by atoms with E-state index >= 15 is 0 Å². The highest BCUT2D eigenvalue weighted by Gasteiger charge is 2.08. The summed E-state index contributed by atoms with van der Waals surface area (Å²) in [6.07, 6.45) is 0. The van der Waals surface area contributed by atoms with E-state index in [4.69, 9.17) is 16.0 Å². The molecule has 1 N–H and O–H groups in total. The molecule has 3 aromatic carbocycles. The fraction of sp³-hybridized carbons (Fsp3) is 0.143. The van der Waals surface area contributed by atoms with Gasteiger partial charge in [0.15, 0.2) is 0 Å². The standard InChI is InChI=1S/C21H18ClNO/c1-13-3-4-15(14(2)9-13)12-23-17-6-8-21-19(11-17)18-10-16(22)5-7-20(18)24-21/h3-11,23H,12H2,1-2H3. The fourth-order valence-corrected chi connectivity index (χ4v) is 3.27. The molecule has 4 rings (SSSR count). The molecule has 0 atom stereocenters. The van der Waals surface area contributed by atoms with Crippen LogP contribution < -0.4 is 5.32 Å². The second kappa shape index (κ2) is 5.88. The van der Waals surface area contributed by atoms with Crippen LogP contribution in [-0.2, 0) is 6.54 Å². The third-order valence-corrected chi connectivity index (χ3v) is 4.65. The number of fused-ring (bicyclic) bond motifs is 3. The molecule has 0 aliphatic heterocycles. The summed E-state index contributed by atoms with van der Waals surface area (Å²) in [6.45, 7) is 5.07. The van der Waals surface area contributed by atoms with Gasteiger partial charge in [0.1, 0.15) is 11.2 Å². The maximum atomic E-state index is 6.13. The molecule has 3 heteroatoms. The van der Waals surface area contributed by atoms with Crippen molar-refractivity contribution in [3.05, 3.63) is 76.3 Å². The average Bonchev–Trinajstić information content (AvgIpc) is 2.91. The van der Waals surface area contributed by atoms with Crippen LogP contribution in [0.5, 0.6) is 0 Å². The normalized spacial score (nSPS) is 11.3. The minimum absolute atomic E-state index is 0.721. The van der Waals surface area contributed by atoms with Crippen LogP contribution >= 0.6 is 11.6 Å². The molecule has 0 saturated heterocycles. The van der Waals surface area contributed by atoms with Gasteiger partial charge in [0.2, 0.25) is 0 Å². The topological polar surface area (TPSA) is 25.2 Å². The summed E-state index contributed by atoms with van der Waals surface area (Å²) in [5.74, 6) is 0. The van der Waals surface area contributed by atoms with E-state index in [2.05, 4.69) is 49.5 Å². The van der Waals surface area contributed by atoms with Crippen molar-refractivity contribution in [3.8, 4) is 0 Å². The number of benzene rings is 3. The number of furan rings is 1. The summed E-state index contributed by atoms with van der Waals surface area (Å²) < 4.78 is 5.87. The Hall–Kier alpha value is -2.45. The van der Waals surface area contributed by atoms with Gasteiger partial charge in [-0.3, -0.25) is 0 Å². The van der Waals surface area contributed by atoms with E-state index in [1.54, 1.807) is 0 Å². The fourth-order valence-electron chi connectivity index (χ4n) is 3.10. The van der Waals surface area contributed by atoms with Crippen molar-refractivity contribution in [2.45, 2.75) is 20.4 Å². The lowest BCUT2D eigenvalue weighted by molar-refractivity contribution is 0.669. The van der Waals surface area contributed by atoms with Crippen molar-refractivity contribution in [1.82, 2.24) is 0 Å². The van der Waals surface area contributed by atoms with Gasteiger partial charge in [-0.15, -0.1) is 0 Å².